The van der Waals surface area contributed by atoms with E-state index in [1.54, 1.807) is 11.8 Å². The van der Waals surface area contributed by atoms with Crippen molar-refractivity contribution in [3.63, 3.8) is 0 Å². The molecule has 0 heterocycles. The molecule has 0 aliphatic heterocycles. The topological polar surface area (TPSA) is 73.9 Å². The predicted octanol–water partition coefficient (Wildman–Crippen LogP) is 7.28. The summed E-state index contributed by atoms with van der Waals surface area (Å²) in [7, 11) is 0. The second kappa shape index (κ2) is 14.1. The van der Waals surface area contributed by atoms with Gasteiger partial charge in [-0.1, -0.05) is 90.5 Å². The third-order valence-corrected chi connectivity index (χ3v) is 8.01. The highest BCUT2D eigenvalue weighted by atomic mass is 32.2. The number of fused-ring (bicyclic) bond motifs is 3. The summed E-state index contributed by atoms with van der Waals surface area (Å²) in [6, 6.07) is 31.2. The van der Waals surface area contributed by atoms with Crippen LogP contribution in [0.25, 0.3) is 11.1 Å². The first kappa shape index (κ1) is 29.3. The zero-order valence-electron chi connectivity index (χ0n) is 23.9. The van der Waals surface area contributed by atoms with Gasteiger partial charge in [-0.2, -0.15) is 11.8 Å². The number of esters is 1. The molecule has 6 nitrogen and oxygen atoms in total. The summed E-state index contributed by atoms with van der Waals surface area (Å²) >= 11 is 1.60. The first-order chi connectivity index (χ1) is 20.5. The quantitative estimate of drug-likeness (QED) is 0.177. The van der Waals surface area contributed by atoms with Gasteiger partial charge in [0.05, 0.1) is 0 Å². The van der Waals surface area contributed by atoms with Crippen molar-refractivity contribution in [1.82, 2.24) is 5.32 Å². The zero-order chi connectivity index (χ0) is 29.3. The van der Waals surface area contributed by atoms with E-state index < -0.39 is 18.1 Å². The number of nitrogens with one attached hydrogen (secondary N) is 1. The van der Waals surface area contributed by atoms with Crippen molar-refractivity contribution in [2.45, 2.75) is 38.5 Å². The van der Waals surface area contributed by atoms with Crippen LogP contribution in [0.15, 0.2) is 97.1 Å². The monoisotopic (exact) mass is 581 g/mol. The third kappa shape index (κ3) is 7.34. The molecule has 1 N–H and O–H groups in total. The Morgan fingerprint density at radius 2 is 1.38 bits per heavy atom. The Bertz CT molecular complexity index is 1460. The van der Waals surface area contributed by atoms with Crippen LogP contribution in [0.1, 0.15) is 40.2 Å². The van der Waals surface area contributed by atoms with Crippen molar-refractivity contribution in [3.05, 3.63) is 125 Å². The van der Waals surface area contributed by atoms with Crippen LogP contribution >= 0.6 is 11.8 Å². The van der Waals surface area contributed by atoms with Crippen LogP contribution in [0.3, 0.4) is 0 Å². The Kier molecular flexibility index (Phi) is 9.82. The fourth-order valence-electron chi connectivity index (χ4n) is 5.05. The van der Waals surface area contributed by atoms with Crippen LogP contribution in [0.2, 0.25) is 0 Å². The largest absolute Gasteiger partial charge is 0.489 e. The summed E-state index contributed by atoms with van der Waals surface area (Å²) < 4.78 is 17.1. The maximum Gasteiger partial charge on any atom is 0.407 e. The molecule has 7 heteroatoms. The highest BCUT2D eigenvalue weighted by Gasteiger charge is 2.30. The Morgan fingerprint density at radius 1 is 0.786 bits per heavy atom. The number of carbonyl (C=O) groups excluding carboxylic acids is 2. The number of amides is 1. The van der Waals surface area contributed by atoms with Crippen LogP contribution in [0.4, 0.5) is 4.79 Å². The Morgan fingerprint density at radius 3 is 2.02 bits per heavy atom. The van der Waals surface area contributed by atoms with Crippen molar-refractivity contribution in [2.75, 3.05) is 18.6 Å². The number of benzene rings is 4. The van der Waals surface area contributed by atoms with Crippen molar-refractivity contribution >= 4 is 23.8 Å². The van der Waals surface area contributed by atoms with Crippen LogP contribution < -0.4 is 10.1 Å². The van der Waals surface area contributed by atoms with E-state index in [2.05, 4.69) is 48.6 Å². The molecule has 0 fully saturated rings. The molecule has 1 atom stereocenters. The van der Waals surface area contributed by atoms with Crippen molar-refractivity contribution in [2.24, 2.45) is 0 Å². The normalized spacial score (nSPS) is 12.6. The molecule has 5 rings (SSSR count). The van der Waals surface area contributed by atoms with Gasteiger partial charge in [0.1, 0.15) is 31.6 Å². The smallest absolute Gasteiger partial charge is 0.407 e. The Balaban J connectivity index is 1.12. The first-order valence-corrected chi connectivity index (χ1v) is 15.5. The molecule has 1 aliphatic rings. The number of ether oxygens (including phenoxy) is 3. The van der Waals surface area contributed by atoms with Crippen LogP contribution in [0, 0.1) is 6.92 Å². The molecule has 1 amide bonds. The number of alkyl carbamates (subject to hydrolysis) is 1. The van der Waals surface area contributed by atoms with E-state index in [1.807, 2.05) is 66.9 Å². The second-order valence-corrected chi connectivity index (χ2v) is 11.3. The number of thioether (sulfide) groups is 1. The van der Waals surface area contributed by atoms with E-state index in [1.165, 1.54) is 5.56 Å². The molecule has 0 spiro atoms. The van der Waals surface area contributed by atoms with E-state index >= 15 is 0 Å². The van der Waals surface area contributed by atoms with Gasteiger partial charge in [-0.15, -0.1) is 0 Å². The third-order valence-electron chi connectivity index (χ3n) is 7.36. The number of hydrogen-bond acceptors (Lipinski definition) is 6. The lowest BCUT2D eigenvalue weighted by Crippen LogP contribution is -2.42. The summed E-state index contributed by atoms with van der Waals surface area (Å²) in [6.07, 6.45) is 1.77. The summed E-state index contributed by atoms with van der Waals surface area (Å²) in [6.45, 7) is 2.81. The molecule has 4 aromatic rings. The minimum absolute atomic E-state index is 0.0522. The Hall–Kier alpha value is -4.23. The summed E-state index contributed by atoms with van der Waals surface area (Å²) in [5.74, 6) is 0.887. The highest BCUT2D eigenvalue weighted by molar-refractivity contribution is 7.98. The lowest BCUT2D eigenvalue weighted by atomic mass is 9.98. The SMILES string of the molecule is CSCC[C@H](NC(=O)OCC1c2ccccc2-c2ccccc21)C(=O)OCc1ccc(OCc2ccc(C)cc2)cc1. The average Bonchev–Trinajstić information content (AvgIpc) is 3.34. The van der Waals surface area contributed by atoms with Gasteiger partial charge in [0.2, 0.25) is 0 Å². The van der Waals surface area contributed by atoms with E-state index in [-0.39, 0.29) is 19.1 Å². The number of rotatable bonds is 12. The lowest BCUT2D eigenvalue weighted by Gasteiger charge is -2.19. The fourth-order valence-corrected chi connectivity index (χ4v) is 5.53. The van der Waals surface area contributed by atoms with Gasteiger partial charge in [-0.05, 0) is 70.9 Å². The standard InChI is InChI=1S/C35H35NO5S/c1-24-11-13-25(14-12-24)21-39-27-17-15-26(16-18-27)22-40-34(37)33(19-20-42-2)36-35(38)41-23-32-30-9-5-3-7-28(30)29-8-4-6-10-31(29)32/h3-18,32-33H,19-23H2,1-2H3,(H,36,38)/t33-/m0/s1. The minimum atomic E-state index is -0.801. The zero-order valence-corrected chi connectivity index (χ0v) is 24.7. The molecule has 0 saturated heterocycles. The van der Waals surface area contributed by atoms with Gasteiger partial charge in [0.25, 0.3) is 0 Å². The molecule has 0 unspecified atom stereocenters. The average molecular weight is 582 g/mol. The minimum Gasteiger partial charge on any atom is -0.489 e. The second-order valence-electron chi connectivity index (χ2n) is 10.3. The summed E-state index contributed by atoms with van der Waals surface area (Å²) in [5, 5.41) is 2.74. The van der Waals surface area contributed by atoms with Crippen molar-refractivity contribution in [3.8, 4) is 16.9 Å². The summed E-state index contributed by atoms with van der Waals surface area (Å²) in [5.41, 5.74) is 7.73. The maximum absolute atomic E-state index is 13.0. The molecular formula is C35H35NO5S. The van der Waals surface area contributed by atoms with Crippen LogP contribution in [0.5, 0.6) is 5.75 Å². The van der Waals surface area contributed by atoms with E-state index in [0.717, 1.165) is 39.1 Å². The molecule has 4 aromatic carbocycles. The highest BCUT2D eigenvalue weighted by Crippen LogP contribution is 2.44. The molecular weight excluding hydrogens is 546 g/mol. The van der Waals surface area contributed by atoms with Crippen molar-refractivity contribution in [1.29, 1.82) is 0 Å². The number of hydrogen-bond donors (Lipinski definition) is 1. The Labute approximate surface area is 251 Å². The van der Waals surface area contributed by atoms with Gasteiger partial charge in [0.15, 0.2) is 0 Å². The van der Waals surface area contributed by atoms with E-state index in [0.29, 0.717) is 18.8 Å². The molecule has 0 saturated carbocycles. The summed E-state index contributed by atoms with van der Waals surface area (Å²) in [4.78, 5) is 25.8. The van der Waals surface area contributed by atoms with Crippen LogP contribution in [-0.4, -0.2) is 36.7 Å². The predicted molar refractivity (Wildman–Crippen MR) is 167 cm³/mol. The molecule has 1 aliphatic carbocycles. The first-order valence-electron chi connectivity index (χ1n) is 14.1. The van der Waals surface area contributed by atoms with Gasteiger partial charge in [-0.25, -0.2) is 9.59 Å². The fraction of sp³-hybridized carbons (Fsp3) is 0.257. The lowest BCUT2D eigenvalue weighted by molar-refractivity contribution is -0.147. The van der Waals surface area contributed by atoms with Gasteiger partial charge in [0, 0.05) is 5.92 Å². The maximum atomic E-state index is 13.0. The van der Waals surface area contributed by atoms with Gasteiger partial charge < -0.3 is 19.5 Å². The van der Waals surface area contributed by atoms with E-state index in [4.69, 9.17) is 14.2 Å². The van der Waals surface area contributed by atoms with Crippen molar-refractivity contribution < 1.29 is 23.8 Å². The molecule has 216 valence electrons. The van der Waals surface area contributed by atoms with Gasteiger partial charge >= 0.3 is 12.1 Å². The number of carbonyl (C=O) groups is 2. The molecule has 42 heavy (non-hydrogen) atoms. The van der Waals surface area contributed by atoms with Crippen LogP contribution in [-0.2, 0) is 27.5 Å². The number of aryl methyl sites for hydroxylation is 1. The van der Waals surface area contributed by atoms with E-state index in [9.17, 15) is 9.59 Å². The van der Waals surface area contributed by atoms with Gasteiger partial charge in [-0.3, -0.25) is 0 Å². The molecule has 0 bridgehead atoms. The molecule has 0 radical (unpaired) electrons. The molecule has 0 aromatic heterocycles.